The van der Waals surface area contributed by atoms with Gasteiger partial charge in [-0.05, 0) is 36.4 Å². The number of carbonyl (C=O) groups is 2. The fourth-order valence-electron chi connectivity index (χ4n) is 2.59. The Morgan fingerprint density at radius 2 is 1.90 bits per heavy atom. The third-order valence-electron chi connectivity index (χ3n) is 4.13. The molecule has 0 atom stereocenters. The van der Waals surface area contributed by atoms with E-state index in [9.17, 15) is 9.59 Å². The molecule has 0 spiro atoms. The molecule has 1 N–H and O–H groups in total. The van der Waals surface area contributed by atoms with Gasteiger partial charge in [-0.3, -0.25) is 9.59 Å². The molecule has 0 aliphatic carbocycles. The highest BCUT2D eigenvalue weighted by Gasteiger charge is 2.19. The summed E-state index contributed by atoms with van der Waals surface area (Å²) >= 11 is 12.0. The normalized spacial score (nSPS) is 10.4. The second-order valence-electron chi connectivity index (χ2n) is 6.10. The fourth-order valence-corrected chi connectivity index (χ4v) is 2.93. The Labute approximate surface area is 178 Å². The topological polar surface area (TPSA) is 71.8 Å². The summed E-state index contributed by atoms with van der Waals surface area (Å²) in [5.41, 5.74) is 0.811. The van der Waals surface area contributed by atoms with E-state index in [0.29, 0.717) is 32.8 Å². The molecule has 0 radical (unpaired) electrons. The van der Waals surface area contributed by atoms with Gasteiger partial charge < -0.3 is 19.4 Å². The van der Waals surface area contributed by atoms with Gasteiger partial charge in [-0.1, -0.05) is 35.3 Å². The second kappa shape index (κ2) is 9.49. The lowest BCUT2D eigenvalue weighted by Crippen LogP contribution is -2.33. The molecule has 0 aliphatic heterocycles. The van der Waals surface area contributed by atoms with E-state index >= 15 is 0 Å². The quantitative estimate of drug-likeness (QED) is 0.593. The van der Waals surface area contributed by atoms with Gasteiger partial charge in [0.05, 0.1) is 29.1 Å². The van der Waals surface area contributed by atoms with Gasteiger partial charge in [0.2, 0.25) is 0 Å². The Balaban J connectivity index is 1.68. The molecule has 6 nitrogen and oxygen atoms in total. The van der Waals surface area contributed by atoms with Crippen molar-refractivity contribution in [3.63, 3.8) is 0 Å². The number of nitrogens with one attached hydrogen (secondary N) is 1. The minimum Gasteiger partial charge on any atom is -0.482 e. The van der Waals surface area contributed by atoms with E-state index < -0.39 is 0 Å². The predicted molar refractivity (Wildman–Crippen MR) is 112 cm³/mol. The molecule has 0 bridgehead atoms. The van der Waals surface area contributed by atoms with Crippen molar-refractivity contribution in [2.45, 2.75) is 6.54 Å². The van der Waals surface area contributed by atoms with Crippen LogP contribution >= 0.6 is 23.2 Å². The van der Waals surface area contributed by atoms with Gasteiger partial charge in [0.25, 0.3) is 11.8 Å². The van der Waals surface area contributed by atoms with Crippen molar-refractivity contribution in [2.24, 2.45) is 0 Å². The Kier molecular flexibility index (Phi) is 6.80. The average molecular weight is 433 g/mol. The lowest BCUT2D eigenvalue weighted by Gasteiger charge is -2.20. The number of halogens is 2. The third kappa shape index (κ3) is 5.31. The summed E-state index contributed by atoms with van der Waals surface area (Å²) in [7, 11) is 1.57. The van der Waals surface area contributed by atoms with Crippen LogP contribution in [0.3, 0.4) is 0 Å². The van der Waals surface area contributed by atoms with Crippen LogP contribution in [0, 0.1) is 0 Å². The van der Waals surface area contributed by atoms with Crippen LogP contribution in [0.1, 0.15) is 16.1 Å². The number of hydrogen-bond acceptors (Lipinski definition) is 4. The van der Waals surface area contributed by atoms with Crippen LogP contribution in [-0.2, 0) is 11.3 Å². The molecule has 0 fully saturated rings. The molecule has 0 aliphatic rings. The van der Waals surface area contributed by atoms with Crippen molar-refractivity contribution in [3.05, 3.63) is 82.2 Å². The Morgan fingerprint density at radius 1 is 1.10 bits per heavy atom. The molecular weight excluding hydrogens is 415 g/mol. The number of likely N-dealkylation sites (N-methyl/N-ethyl adjacent to an activating group) is 1. The zero-order valence-electron chi connectivity index (χ0n) is 15.5. The summed E-state index contributed by atoms with van der Waals surface area (Å²) in [4.78, 5) is 26.6. The van der Waals surface area contributed by atoms with Crippen molar-refractivity contribution >= 4 is 40.7 Å². The van der Waals surface area contributed by atoms with E-state index in [1.807, 2.05) is 0 Å². The van der Waals surface area contributed by atoms with E-state index in [4.69, 9.17) is 32.4 Å². The molecule has 150 valence electrons. The first-order chi connectivity index (χ1) is 14.0. The standard InChI is InChI=1S/C21H18Cl2N2O4/c1-25(20(26)13-29-19-11-14(22)8-9-17(19)23)18-7-3-2-6-16(18)21(27)24-12-15-5-4-10-28-15/h2-11H,12-13H2,1H3,(H,24,27). The number of hydrogen-bond donors (Lipinski definition) is 1. The maximum atomic E-state index is 12.6. The highest BCUT2D eigenvalue weighted by atomic mass is 35.5. The SMILES string of the molecule is CN(C(=O)COc1cc(Cl)ccc1Cl)c1ccccc1C(=O)NCc1ccco1. The number of nitrogens with zero attached hydrogens (tertiary/aromatic N) is 1. The van der Waals surface area contributed by atoms with Crippen molar-refractivity contribution in [1.29, 1.82) is 0 Å². The molecule has 2 aromatic carbocycles. The van der Waals surface area contributed by atoms with Crippen molar-refractivity contribution < 1.29 is 18.7 Å². The molecule has 0 unspecified atom stereocenters. The van der Waals surface area contributed by atoms with Crippen molar-refractivity contribution in [3.8, 4) is 5.75 Å². The lowest BCUT2D eigenvalue weighted by atomic mass is 10.1. The fraction of sp³-hybridized carbons (Fsp3) is 0.143. The molecule has 0 saturated heterocycles. The van der Waals surface area contributed by atoms with Crippen LogP contribution in [0.5, 0.6) is 5.75 Å². The molecule has 8 heteroatoms. The molecule has 2 amide bonds. The zero-order valence-corrected chi connectivity index (χ0v) is 17.0. The largest absolute Gasteiger partial charge is 0.482 e. The Morgan fingerprint density at radius 3 is 2.66 bits per heavy atom. The maximum absolute atomic E-state index is 12.6. The minimum absolute atomic E-state index is 0.244. The lowest BCUT2D eigenvalue weighted by molar-refractivity contribution is -0.120. The third-order valence-corrected chi connectivity index (χ3v) is 4.68. The van der Waals surface area contributed by atoms with Gasteiger partial charge in [0, 0.05) is 18.1 Å². The maximum Gasteiger partial charge on any atom is 0.264 e. The summed E-state index contributed by atoms with van der Waals surface area (Å²) in [6.45, 7) is -0.0207. The van der Waals surface area contributed by atoms with Crippen LogP contribution in [0.4, 0.5) is 5.69 Å². The first-order valence-corrected chi connectivity index (χ1v) is 9.45. The van der Waals surface area contributed by atoms with E-state index in [1.165, 1.54) is 17.2 Å². The predicted octanol–water partition coefficient (Wildman–Crippen LogP) is 4.56. The van der Waals surface area contributed by atoms with E-state index in [1.54, 1.807) is 55.6 Å². The molecule has 3 aromatic rings. The minimum atomic E-state index is -0.354. The van der Waals surface area contributed by atoms with Crippen LogP contribution in [0.25, 0.3) is 0 Å². The molecule has 1 aromatic heterocycles. The van der Waals surface area contributed by atoms with Crippen LogP contribution in [0.15, 0.2) is 65.3 Å². The second-order valence-corrected chi connectivity index (χ2v) is 6.94. The summed E-state index contributed by atoms with van der Waals surface area (Å²) < 4.78 is 10.7. The number of ether oxygens (including phenoxy) is 1. The van der Waals surface area contributed by atoms with Crippen LogP contribution in [-0.4, -0.2) is 25.5 Å². The summed E-state index contributed by atoms with van der Waals surface area (Å²) in [5.74, 6) is 0.264. The number of rotatable bonds is 7. The number of para-hydroxylation sites is 1. The van der Waals surface area contributed by atoms with Crippen LogP contribution < -0.4 is 15.0 Å². The molecular formula is C21H18Cl2N2O4. The number of furan rings is 1. The average Bonchev–Trinajstić information content (AvgIpc) is 3.25. The highest BCUT2D eigenvalue weighted by molar-refractivity contribution is 6.34. The smallest absolute Gasteiger partial charge is 0.264 e. The first-order valence-electron chi connectivity index (χ1n) is 8.69. The molecule has 3 rings (SSSR count). The van der Waals surface area contributed by atoms with Gasteiger partial charge in [-0.15, -0.1) is 0 Å². The molecule has 1 heterocycles. The first kappa shape index (κ1) is 20.8. The number of amides is 2. The number of carbonyl (C=O) groups excluding carboxylic acids is 2. The van der Waals surface area contributed by atoms with Gasteiger partial charge in [0.15, 0.2) is 6.61 Å². The summed E-state index contributed by atoms with van der Waals surface area (Å²) in [5, 5.41) is 3.57. The van der Waals surface area contributed by atoms with Crippen molar-refractivity contribution in [1.82, 2.24) is 5.32 Å². The highest BCUT2D eigenvalue weighted by Crippen LogP contribution is 2.28. The summed E-state index contributed by atoms with van der Waals surface area (Å²) in [6, 6.07) is 15.1. The van der Waals surface area contributed by atoms with E-state index in [-0.39, 0.29) is 25.0 Å². The number of anilines is 1. The van der Waals surface area contributed by atoms with E-state index in [2.05, 4.69) is 5.32 Å². The Bertz CT molecular complexity index is 1010. The summed E-state index contributed by atoms with van der Waals surface area (Å²) in [6.07, 6.45) is 1.54. The molecule has 29 heavy (non-hydrogen) atoms. The van der Waals surface area contributed by atoms with Gasteiger partial charge in [-0.25, -0.2) is 0 Å². The van der Waals surface area contributed by atoms with Gasteiger partial charge in [0.1, 0.15) is 11.5 Å². The van der Waals surface area contributed by atoms with Gasteiger partial charge in [-0.2, -0.15) is 0 Å². The number of benzene rings is 2. The molecule has 0 saturated carbocycles. The Hall–Kier alpha value is -2.96. The van der Waals surface area contributed by atoms with Gasteiger partial charge >= 0.3 is 0 Å². The monoisotopic (exact) mass is 432 g/mol. The zero-order chi connectivity index (χ0) is 20.8. The van der Waals surface area contributed by atoms with Crippen molar-refractivity contribution in [2.75, 3.05) is 18.6 Å². The van der Waals surface area contributed by atoms with Crippen LogP contribution in [0.2, 0.25) is 10.0 Å². The van der Waals surface area contributed by atoms with E-state index in [0.717, 1.165) is 0 Å².